The molecule has 2 N–H and O–H groups in total. The summed E-state index contributed by atoms with van der Waals surface area (Å²) >= 11 is 0. The first kappa shape index (κ1) is 12.5. The zero-order valence-electron chi connectivity index (χ0n) is 11.3. The number of nitrogens with two attached hydrogens (primary N) is 1. The van der Waals surface area contributed by atoms with Gasteiger partial charge in [-0.3, -0.25) is 4.79 Å². The molecule has 2 heterocycles. The highest BCUT2D eigenvalue weighted by Crippen LogP contribution is 2.32. The Bertz CT molecular complexity index is 691. The molecular weight excluding hydrogens is 258 g/mol. The van der Waals surface area contributed by atoms with Crippen LogP contribution < -0.4 is 15.2 Å². The summed E-state index contributed by atoms with van der Waals surface area (Å²) in [5.41, 5.74) is 7.20. The van der Waals surface area contributed by atoms with Gasteiger partial charge in [0, 0.05) is 6.07 Å². The molecule has 0 fully saturated rings. The third kappa shape index (κ3) is 1.89. The number of rotatable bonds is 2. The molecule has 0 radical (unpaired) electrons. The molecule has 3 rings (SSSR count). The van der Waals surface area contributed by atoms with E-state index in [0.717, 1.165) is 11.4 Å². The lowest BCUT2D eigenvalue weighted by atomic mass is 10.2. The lowest BCUT2D eigenvalue weighted by Crippen LogP contribution is -2.16. The lowest BCUT2D eigenvalue weighted by Gasteiger charge is -2.19. The minimum absolute atomic E-state index is 0.289. The van der Waals surface area contributed by atoms with Gasteiger partial charge in [0.25, 0.3) is 5.91 Å². The van der Waals surface area contributed by atoms with E-state index in [1.807, 2.05) is 36.6 Å². The molecule has 2 aromatic rings. The van der Waals surface area contributed by atoms with Gasteiger partial charge in [0.05, 0.1) is 11.4 Å². The van der Waals surface area contributed by atoms with Crippen molar-refractivity contribution < 1.29 is 14.3 Å². The van der Waals surface area contributed by atoms with Gasteiger partial charge in [0.2, 0.25) is 0 Å². The maximum atomic E-state index is 11.4. The summed E-state index contributed by atoms with van der Waals surface area (Å²) in [5, 5.41) is 0. The van der Waals surface area contributed by atoms with Crippen LogP contribution in [0.5, 0.6) is 11.5 Å². The van der Waals surface area contributed by atoms with Gasteiger partial charge in [-0.1, -0.05) is 0 Å². The number of carbonyl (C=O) groups is 1. The normalized spacial score (nSPS) is 13.3. The van der Waals surface area contributed by atoms with Crippen LogP contribution in [-0.4, -0.2) is 28.7 Å². The Kier molecular flexibility index (Phi) is 2.85. The molecule has 0 atom stereocenters. The number of fused-ring (bicyclic) bond motifs is 1. The number of hydrogen-bond acceptors (Lipinski definition) is 4. The molecular formula is C14H15N3O3. The molecule has 0 unspecified atom stereocenters. The number of benzene rings is 1. The number of imidazole rings is 1. The highest BCUT2D eigenvalue weighted by molar-refractivity contribution is 5.92. The summed E-state index contributed by atoms with van der Waals surface area (Å²) in [5.74, 6) is 1.60. The topological polar surface area (TPSA) is 79.4 Å². The molecule has 1 aliphatic rings. The Balaban J connectivity index is 2.11. The Morgan fingerprint density at radius 3 is 2.60 bits per heavy atom. The van der Waals surface area contributed by atoms with E-state index in [1.165, 1.54) is 0 Å². The van der Waals surface area contributed by atoms with Crippen molar-refractivity contribution in [1.82, 2.24) is 9.55 Å². The maximum absolute atomic E-state index is 11.4. The molecule has 6 heteroatoms. The molecule has 20 heavy (non-hydrogen) atoms. The number of carbonyl (C=O) groups excluding carboxylic acids is 1. The van der Waals surface area contributed by atoms with E-state index in [1.54, 1.807) is 0 Å². The SMILES string of the molecule is Cc1nc(C(N)=O)c(C)n1-c1ccc2c(c1)OCCO2. The number of ether oxygens (including phenoxy) is 2. The van der Waals surface area contributed by atoms with E-state index in [0.29, 0.717) is 30.5 Å². The minimum Gasteiger partial charge on any atom is -0.486 e. The van der Waals surface area contributed by atoms with Crippen LogP contribution in [0.25, 0.3) is 5.69 Å². The molecule has 0 bridgehead atoms. The van der Waals surface area contributed by atoms with E-state index in [-0.39, 0.29) is 5.69 Å². The van der Waals surface area contributed by atoms with Crippen LogP contribution in [0, 0.1) is 13.8 Å². The predicted molar refractivity (Wildman–Crippen MR) is 72.5 cm³/mol. The first-order valence-electron chi connectivity index (χ1n) is 6.33. The molecule has 1 aliphatic heterocycles. The van der Waals surface area contributed by atoms with Crippen molar-refractivity contribution in [2.75, 3.05) is 13.2 Å². The summed E-state index contributed by atoms with van der Waals surface area (Å²) in [7, 11) is 0. The molecule has 1 aromatic heterocycles. The van der Waals surface area contributed by atoms with Gasteiger partial charge >= 0.3 is 0 Å². The third-order valence-corrected chi connectivity index (χ3v) is 3.29. The summed E-state index contributed by atoms with van der Waals surface area (Å²) < 4.78 is 12.9. The fraction of sp³-hybridized carbons (Fsp3) is 0.286. The zero-order chi connectivity index (χ0) is 14.3. The molecule has 1 aromatic carbocycles. The van der Waals surface area contributed by atoms with Crippen LogP contribution >= 0.6 is 0 Å². The maximum Gasteiger partial charge on any atom is 0.269 e. The van der Waals surface area contributed by atoms with Gasteiger partial charge in [-0.2, -0.15) is 0 Å². The smallest absolute Gasteiger partial charge is 0.269 e. The lowest BCUT2D eigenvalue weighted by molar-refractivity contribution is 0.0995. The second-order valence-corrected chi connectivity index (χ2v) is 4.62. The Hall–Kier alpha value is -2.50. The standard InChI is InChI=1S/C14H15N3O3/c1-8-13(14(15)18)16-9(2)17(8)10-3-4-11-12(7-10)20-6-5-19-11/h3-4,7H,5-6H2,1-2H3,(H2,15,18). The van der Waals surface area contributed by atoms with Gasteiger partial charge in [0.15, 0.2) is 11.5 Å². The number of nitrogens with zero attached hydrogens (tertiary/aromatic N) is 2. The Morgan fingerprint density at radius 1 is 1.25 bits per heavy atom. The van der Waals surface area contributed by atoms with Crippen LogP contribution in [0.1, 0.15) is 22.0 Å². The highest BCUT2D eigenvalue weighted by atomic mass is 16.6. The Morgan fingerprint density at radius 2 is 1.95 bits per heavy atom. The quantitative estimate of drug-likeness (QED) is 0.896. The monoisotopic (exact) mass is 273 g/mol. The van der Waals surface area contributed by atoms with E-state index in [4.69, 9.17) is 15.2 Å². The van der Waals surface area contributed by atoms with Crippen LogP contribution in [0.4, 0.5) is 0 Å². The average Bonchev–Trinajstić information content (AvgIpc) is 2.74. The second kappa shape index (κ2) is 4.56. The first-order valence-corrected chi connectivity index (χ1v) is 6.33. The fourth-order valence-corrected chi connectivity index (χ4v) is 2.43. The number of aryl methyl sites for hydroxylation is 1. The van der Waals surface area contributed by atoms with E-state index >= 15 is 0 Å². The predicted octanol–water partition coefficient (Wildman–Crippen LogP) is 1.36. The summed E-state index contributed by atoms with van der Waals surface area (Å²) in [4.78, 5) is 15.6. The van der Waals surface area contributed by atoms with Crippen LogP contribution in [0.2, 0.25) is 0 Å². The molecule has 0 aliphatic carbocycles. The molecule has 104 valence electrons. The molecule has 0 saturated carbocycles. The van der Waals surface area contributed by atoms with Crippen molar-refractivity contribution in [3.8, 4) is 17.2 Å². The van der Waals surface area contributed by atoms with Gasteiger partial charge in [-0.15, -0.1) is 0 Å². The van der Waals surface area contributed by atoms with E-state index in [9.17, 15) is 4.79 Å². The van der Waals surface area contributed by atoms with Crippen molar-refractivity contribution in [3.05, 3.63) is 35.4 Å². The average molecular weight is 273 g/mol. The van der Waals surface area contributed by atoms with Gasteiger partial charge in [0.1, 0.15) is 24.7 Å². The first-order chi connectivity index (χ1) is 9.58. The largest absolute Gasteiger partial charge is 0.486 e. The van der Waals surface area contributed by atoms with E-state index < -0.39 is 5.91 Å². The number of aromatic nitrogens is 2. The summed E-state index contributed by atoms with van der Waals surface area (Å²) in [6, 6.07) is 5.63. The molecule has 1 amide bonds. The second-order valence-electron chi connectivity index (χ2n) is 4.62. The van der Waals surface area contributed by atoms with E-state index in [2.05, 4.69) is 4.98 Å². The zero-order valence-corrected chi connectivity index (χ0v) is 11.3. The van der Waals surface area contributed by atoms with Crippen molar-refractivity contribution in [2.24, 2.45) is 5.73 Å². The molecule has 0 saturated heterocycles. The molecule has 0 spiro atoms. The minimum atomic E-state index is -0.526. The van der Waals surface area contributed by atoms with Crippen molar-refractivity contribution in [3.63, 3.8) is 0 Å². The summed E-state index contributed by atoms with van der Waals surface area (Å²) in [6.45, 7) is 4.74. The number of hydrogen-bond donors (Lipinski definition) is 1. The van der Waals surface area contributed by atoms with Gasteiger partial charge in [-0.25, -0.2) is 4.98 Å². The van der Waals surface area contributed by atoms with Crippen molar-refractivity contribution in [1.29, 1.82) is 0 Å². The number of primary amides is 1. The van der Waals surface area contributed by atoms with Crippen LogP contribution in [0.3, 0.4) is 0 Å². The number of amides is 1. The molecule has 6 nitrogen and oxygen atoms in total. The Labute approximate surface area is 116 Å². The van der Waals surface area contributed by atoms with Crippen molar-refractivity contribution in [2.45, 2.75) is 13.8 Å². The van der Waals surface area contributed by atoms with Gasteiger partial charge in [-0.05, 0) is 26.0 Å². The summed E-state index contributed by atoms with van der Waals surface area (Å²) in [6.07, 6.45) is 0. The highest BCUT2D eigenvalue weighted by Gasteiger charge is 2.18. The van der Waals surface area contributed by atoms with Crippen molar-refractivity contribution >= 4 is 5.91 Å². The van der Waals surface area contributed by atoms with Crippen LogP contribution in [0.15, 0.2) is 18.2 Å². The van der Waals surface area contributed by atoms with Crippen LogP contribution in [-0.2, 0) is 0 Å². The van der Waals surface area contributed by atoms with Gasteiger partial charge < -0.3 is 19.8 Å². The third-order valence-electron chi connectivity index (χ3n) is 3.29. The fourth-order valence-electron chi connectivity index (χ4n) is 2.43.